The Hall–Kier alpha value is -1.43. The van der Waals surface area contributed by atoms with Gasteiger partial charge in [-0.05, 0) is 18.8 Å². The lowest BCUT2D eigenvalue weighted by Gasteiger charge is -2.19. The van der Waals surface area contributed by atoms with Crippen LogP contribution in [0.25, 0.3) is 0 Å². The minimum absolute atomic E-state index is 0.00177. The van der Waals surface area contributed by atoms with Gasteiger partial charge in [-0.15, -0.1) is 0 Å². The summed E-state index contributed by atoms with van der Waals surface area (Å²) < 4.78 is 0. The van der Waals surface area contributed by atoms with Gasteiger partial charge in [-0.2, -0.15) is 0 Å². The molecule has 0 radical (unpaired) electrons. The van der Waals surface area contributed by atoms with E-state index in [9.17, 15) is 9.59 Å². The Labute approximate surface area is 120 Å². The van der Waals surface area contributed by atoms with Crippen LogP contribution in [0.1, 0.15) is 52.4 Å². The molecule has 6 N–H and O–H groups in total. The number of nitrogens with two attached hydrogens (primary N) is 2. The van der Waals surface area contributed by atoms with Gasteiger partial charge in [-0.1, -0.05) is 26.7 Å². The third-order valence-corrected chi connectivity index (χ3v) is 3.69. The smallest absolute Gasteiger partial charge is 0.307 e. The lowest BCUT2D eigenvalue weighted by atomic mass is 9.85. The molecule has 0 aromatic rings. The van der Waals surface area contributed by atoms with Gasteiger partial charge in [0.15, 0.2) is 0 Å². The van der Waals surface area contributed by atoms with Crippen LogP contribution in [-0.2, 0) is 9.59 Å². The van der Waals surface area contributed by atoms with E-state index < -0.39 is 17.9 Å². The second kappa shape index (κ2) is 9.47. The highest BCUT2D eigenvalue weighted by molar-refractivity contribution is 5.87. The zero-order valence-electron chi connectivity index (χ0n) is 12.4. The first-order valence-electron chi connectivity index (χ1n) is 7.13. The number of rotatable bonds is 11. The van der Waals surface area contributed by atoms with Crippen LogP contribution in [0.2, 0.25) is 0 Å². The molecule has 116 valence electrons. The predicted octanol–water partition coefficient (Wildman–Crippen LogP) is 1.52. The average molecular weight is 285 g/mol. The molecule has 0 fully saturated rings. The molecule has 0 bridgehead atoms. The van der Waals surface area contributed by atoms with Gasteiger partial charge < -0.3 is 16.6 Å². The van der Waals surface area contributed by atoms with Gasteiger partial charge >= 0.3 is 5.97 Å². The first-order valence-corrected chi connectivity index (χ1v) is 7.13. The molecule has 3 unspecified atom stereocenters. The first kappa shape index (κ1) is 18.6. The minimum atomic E-state index is -0.934. The van der Waals surface area contributed by atoms with Crippen molar-refractivity contribution in [2.75, 3.05) is 0 Å². The number of aliphatic carboxylic acids is 1. The van der Waals surface area contributed by atoms with E-state index >= 15 is 0 Å². The number of carbonyl (C=O) groups is 2. The molecular weight excluding hydrogens is 258 g/mol. The summed E-state index contributed by atoms with van der Waals surface area (Å²) in [7, 11) is 0. The maximum Gasteiger partial charge on any atom is 0.307 e. The van der Waals surface area contributed by atoms with Crippen molar-refractivity contribution in [1.82, 2.24) is 0 Å². The van der Waals surface area contributed by atoms with Crippen LogP contribution in [0, 0.1) is 17.2 Å². The molecular formula is C14H27N3O3. The molecule has 0 rings (SSSR count). The number of amidine groups is 1. The average Bonchev–Trinajstić information content (AvgIpc) is 2.38. The van der Waals surface area contributed by atoms with Crippen molar-refractivity contribution in [3.05, 3.63) is 0 Å². The molecule has 0 aliphatic heterocycles. The molecule has 3 atom stereocenters. The van der Waals surface area contributed by atoms with E-state index in [1.165, 1.54) is 0 Å². The number of hydrogen-bond donors (Lipinski definition) is 4. The van der Waals surface area contributed by atoms with Crippen molar-refractivity contribution in [1.29, 1.82) is 5.41 Å². The van der Waals surface area contributed by atoms with Crippen LogP contribution in [0.15, 0.2) is 0 Å². The lowest BCUT2D eigenvalue weighted by Crippen LogP contribution is -2.35. The third-order valence-electron chi connectivity index (χ3n) is 3.69. The maximum absolute atomic E-state index is 12.0. The van der Waals surface area contributed by atoms with Gasteiger partial charge in [0.05, 0.1) is 17.8 Å². The number of hydrogen-bond acceptors (Lipinski definition) is 4. The Balaban J connectivity index is 4.22. The fourth-order valence-electron chi connectivity index (χ4n) is 2.03. The fourth-order valence-corrected chi connectivity index (χ4v) is 2.03. The van der Waals surface area contributed by atoms with Gasteiger partial charge in [0.1, 0.15) is 5.78 Å². The highest BCUT2D eigenvalue weighted by Gasteiger charge is 2.28. The van der Waals surface area contributed by atoms with E-state index in [4.69, 9.17) is 22.0 Å². The normalized spacial score (nSPS) is 15.3. The van der Waals surface area contributed by atoms with Crippen LogP contribution in [0.5, 0.6) is 0 Å². The summed E-state index contributed by atoms with van der Waals surface area (Å²) in [5.41, 5.74) is 11.0. The summed E-state index contributed by atoms with van der Waals surface area (Å²) in [5, 5.41) is 16.2. The second-order valence-electron chi connectivity index (χ2n) is 5.38. The number of nitrogens with one attached hydrogen (secondary N) is 1. The van der Waals surface area contributed by atoms with Crippen LogP contribution >= 0.6 is 0 Å². The zero-order valence-corrected chi connectivity index (χ0v) is 12.4. The summed E-state index contributed by atoms with van der Waals surface area (Å²) in [4.78, 5) is 23.1. The molecule has 0 spiro atoms. The van der Waals surface area contributed by atoms with E-state index in [1.807, 2.05) is 13.8 Å². The zero-order chi connectivity index (χ0) is 15.7. The Bertz CT molecular complexity index is 345. The van der Waals surface area contributed by atoms with Crippen LogP contribution < -0.4 is 11.5 Å². The molecule has 0 heterocycles. The van der Waals surface area contributed by atoms with E-state index in [2.05, 4.69) is 0 Å². The molecule has 0 saturated carbocycles. The molecule has 6 heteroatoms. The quantitative estimate of drug-likeness (QED) is 0.260. The molecule has 0 aliphatic carbocycles. The largest absolute Gasteiger partial charge is 0.481 e. The summed E-state index contributed by atoms with van der Waals surface area (Å²) >= 11 is 0. The van der Waals surface area contributed by atoms with Crippen LogP contribution in [0.3, 0.4) is 0 Å². The van der Waals surface area contributed by atoms with Gasteiger partial charge in [-0.3, -0.25) is 15.0 Å². The molecule has 20 heavy (non-hydrogen) atoms. The number of carbonyl (C=O) groups excluding carboxylic acids is 1. The minimum Gasteiger partial charge on any atom is -0.481 e. The maximum atomic E-state index is 12.0. The van der Waals surface area contributed by atoms with Crippen molar-refractivity contribution < 1.29 is 14.7 Å². The van der Waals surface area contributed by atoms with Gasteiger partial charge in [-0.25, -0.2) is 0 Å². The standard InChI is InChI=1S/C14H27N3O3/c1-3-9(2)10(14(19)20)8-12(18)11(15)6-4-5-7-13(16)17/h9-11H,3-8,15H2,1-2H3,(H3,16,17)(H,19,20). The van der Waals surface area contributed by atoms with Crippen molar-refractivity contribution in [3.63, 3.8) is 0 Å². The van der Waals surface area contributed by atoms with Crippen molar-refractivity contribution in [2.24, 2.45) is 23.3 Å². The second-order valence-corrected chi connectivity index (χ2v) is 5.38. The highest BCUT2D eigenvalue weighted by Crippen LogP contribution is 2.20. The first-order chi connectivity index (χ1) is 9.29. The summed E-state index contributed by atoms with van der Waals surface area (Å²) in [5.74, 6) is -1.69. The molecule has 6 nitrogen and oxygen atoms in total. The van der Waals surface area contributed by atoms with E-state index in [1.54, 1.807) is 0 Å². The van der Waals surface area contributed by atoms with Gasteiger partial charge in [0, 0.05) is 12.8 Å². The topological polar surface area (TPSA) is 130 Å². The monoisotopic (exact) mass is 285 g/mol. The van der Waals surface area contributed by atoms with Crippen LogP contribution in [0.4, 0.5) is 0 Å². The van der Waals surface area contributed by atoms with E-state index in [0.29, 0.717) is 19.3 Å². The summed E-state index contributed by atoms with van der Waals surface area (Å²) in [6.07, 6.45) is 3.18. The van der Waals surface area contributed by atoms with Gasteiger partial charge in [0.2, 0.25) is 0 Å². The number of carboxylic acid groups (broad SMARTS) is 1. The highest BCUT2D eigenvalue weighted by atomic mass is 16.4. The van der Waals surface area contributed by atoms with Gasteiger partial charge in [0.25, 0.3) is 0 Å². The molecule has 0 amide bonds. The Morgan fingerprint density at radius 1 is 1.30 bits per heavy atom. The number of carboxylic acids is 1. The van der Waals surface area contributed by atoms with Crippen LogP contribution in [-0.4, -0.2) is 28.7 Å². The third kappa shape index (κ3) is 7.23. The van der Waals surface area contributed by atoms with E-state index in [-0.39, 0.29) is 24.0 Å². The Morgan fingerprint density at radius 3 is 2.35 bits per heavy atom. The number of unbranched alkanes of at least 4 members (excludes halogenated alkanes) is 1. The molecule has 0 aromatic heterocycles. The summed E-state index contributed by atoms with van der Waals surface area (Å²) in [6.45, 7) is 3.75. The number of ketones is 1. The summed E-state index contributed by atoms with van der Waals surface area (Å²) in [6, 6.07) is -0.618. The molecule has 0 aliphatic rings. The molecule has 0 saturated heterocycles. The Morgan fingerprint density at radius 2 is 1.90 bits per heavy atom. The number of Topliss-reactive ketones (excluding diaryl/α,β-unsaturated/α-hetero) is 1. The predicted molar refractivity (Wildman–Crippen MR) is 78.6 cm³/mol. The van der Waals surface area contributed by atoms with Crippen molar-refractivity contribution in [3.8, 4) is 0 Å². The van der Waals surface area contributed by atoms with Crippen molar-refractivity contribution >= 4 is 17.6 Å². The Kier molecular flexibility index (Phi) is 8.79. The molecule has 0 aromatic carbocycles. The van der Waals surface area contributed by atoms with E-state index in [0.717, 1.165) is 12.8 Å². The fraction of sp³-hybridized carbons (Fsp3) is 0.786. The SMILES string of the molecule is CCC(C)C(CC(=O)C(N)CCCCC(=N)N)C(=O)O. The van der Waals surface area contributed by atoms with Crippen molar-refractivity contribution in [2.45, 2.75) is 58.4 Å². The lowest BCUT2D eigenvalue weighted by molar-refractivity contribution is -0.145.